The van der Waals surface area contributed by atoms with E-state index in [1.54, 1.807) is 13.0 Å². The molecule has 0 amide bonds. The molecule has 0 bridgehead atoms. The second-order valence-corrected chi connectivity index (χ2v) is 5.38. The van der Waals surface area contributed by atoms with Gasteiger partial charge in [-0.25, -0.2) is 14.4 Å². The SMILES string of the molecule is CCNC(=NCc1ccc(F)c(C)c1)NCc1nc(C)c(C)o1. The Labute approximate surface area is 136 Å². The lowest BCUT2D eigenvalue weighted by Gasteiger charge is -2.10. The van der Waals surface area contributed by atoms with Gasteiger partial charge in [-0.2, -0.15) is 0 Å². The van der Waals surface area contributed by atoms with Crippen molar-refractivity contribution in [2.45, 2.75) is 40.8 Å². The Kier molecular flexibility index (Phi) is 5.73. The van der Waals surface area contributed by atoms with Crippen molar-refractivity contribution in [2.24, 2.45) is 4.99 Å². The monoisotopic (exact) mass is 318 g/mol. The quantitative estimate of drug-likeness (QED) is 0.657. The molecule has 23 heavy (non-hydrogen) atoms. The number of guanidine groups is 1. The fraction of sp³-hybridized carbons (Fsp3) is 0.412. The number of halogens is 1. The van der Waals surface area contributed by atoms with Crippen LogP contribution in [-0.2, 0) is 13.1 Å². The first-order valence-electron chi connectivity index (χ1n) is 7.69. The molecule has 1 heterocycles. The van der Waals surface area contributed by atoms with Crippen LogP contribution in [0.3, 0.4) is 0 Å². The molecule has 124 valence electrons. The molecule has 0 saturated heterocycles. The molecule has 2 aromatic rings. The van der Waals surface area contributed by atoms with Gasteiger partial charge in [0, 0.05) is 6.54 Å². The van der Waals surface area contributed by atoms with Gasteiger partial charge in [0.15, 0.2) is 5.96 Å². The van der Waals surface area contributed by atoms with Gasteiger partial charge in [0.1, 0.15) is 11.6 Å². The molecule has 0 radical (unpaired) electrons. The molecule has 0 saturated carbocycles. The summed E-state index contributed by atoms with van der Waals surface area (Å²) in [4.78, 5) is 8.83. The van der Waals surface area contributed by atoms with E-state index < -0.39 is 0 Å². The third-order valence-electron chi connectivity index (χ3n) is 3.47. The smallest absolute Gasteiger partial charge is 0.214 e. The summed E-state index contributed by atoms with van der Waals surface area (Å²) in [7, 11) is 0. The van der Waals surface area contributed by atoms with Crippen LogP contribution in [0.1, 0.15) is 35.4 Å². The summed E-state index contributed by atoms with van der Waals surface area (Å²) in [5.41, 5.74) is 2.48. The molecule has 0 fully saturated rings. The van der Waals surface area contributed by atoms with Crippen molar-refractivity contribution in [1.29, 1.82) is 0 Å². The maximum Gasteiger partial charge on any atom is 0.214 e. The van der Waals surface area contributed by atoms with Crippen LogP contribution in [-0.4, -0.2) is 17.5 Å². The number of nitrogens with one attached hydrogen (secondary N) is 2. The average Bonchev–Trinajstić information content (AvgIpc) is 2.84. The Morgan fingerprint density at radius 1 is 1.26 bits per heavy atom. The number of aliphatic imine (C=N–C) groups is 1. The van der Waals surface area contributed by atoms with Crippen LogP contribution in [0.4, 0.5) is 4.39 Å². The third kappa shape index (κ3) is 4.81. The normalized spacial score (nSPS) is 11.6. The van der Waals surface area contributed by atoms with Gasteiger partial charge in [-0.05, 0) is 44.9 Å². The maximum atomic E-state index is 13.3. The second-order valence-electron chi connectivity index (χ2n) is 5.38. The fourth-order valence-corrected chi connectivity index (χ4v) is 2.09. The van der Waals surface area contributed by atoms with Crippen LogP contribution in [0.25, 0.3) is 0 Å². The zero-order valence-corrected chi connectivity index (χ0v) is 14.0. The first-order chi connectivity index (χ1) is 11.0. The second kappa shape index (κ2) is 7.76. The van der Waals surface area contributed by atoms with E-state index in [4.69, 9.17) is 4.42 Å². The van der Waals surface area contributed by atoms with Gasteiger partial charge in [0.25, 0.3) is 0 Å². The highest BCUT2D eigenvalue weighted by Gasteiger charge is 2.06. The van der Waals surface area contributed by atoms with Crippen LogP contribution in [0.2, 0.25) is 0 Å². The molecule has 0 spiro atoms. The number of rotatable bonds is 5. The largest absolute Gasteiger partial charge is 0.444 e. The van der Waals surface area contributed by atoms with Crippen molar-refractivity contribution in [1.82, 2.24) is 15.6 Å². The number of aromatic nitrogens is 1. The zero-order valence-electron chi connectivity index (χ0n) is 14.0. The van der Waals surface area contributed by atoms with Crippen molar-refractivity contribution in [3.05, 3.63) is 52.5 Å². The molecule has 2 rings (SSSR count). The first-order valence-corrected chi connectivity index (χ1v) is 7.69. The number of hydrogen-bond acceptors (Lipinski definition) is 3. The molecule has 0 aliphatic rings. The van der Waals surface area contributed by atoms with Gasteiger partial charge in [-0.3, -0.25) is 0 Å². The van der Waals surface area contributed by atoms with Crippen molar-refractivity contribution in [3.63, 3.8) is 0 Å². The van der Waals surface area contributed by atoms with Crippen molar-refractivity contribution < 1.29 is 8.81 Å². The van der Waals surface area contributed by atoms with Crippen LogP contribution >= 0.6 is 0 Å². The Bertz CT molecular complexity index is 674. The summed E-state index contributed by atoms with van der Waals surface area (Å²) >= 11 is 0. The molecule has 0 aliphatic carbocycles. The van der Waals surface area contributed by atoms with Gasteiger partial charge in [-0.15, -0.1) is 0 Å². The summed E-state index contributed by atoms with van der Waals surface area (Å²) in [5, 5.41) is 6.35. The van der Waals surface area contributed by atoms with E-state index in [1.807, 2.05) is 26.8 Å². The number of benzene rings is 1. The predicted octanol–water partition coefficient (Wildman–Crippen LogP) is 2.99. The molecular weight excluding hydrogens is 295 g/mol. The van der Waals surface area contributed by atoms with E-state index >= 15 is 0 Å². The van der Waals surface area contributed by atoms with E-state index in [0.29, 0.717) is 30.5 Å². The highest BCUT2D eigenvalue weighted by atomic mass is 19.1. The Morgan fingerprint density at radius 2 is 2.04 bits per heavy atom. The summed E-state index contributed by atoms with van der Waals surface area (Å²) in [6.45, 7) is 9.24. The molecule has 0 unspecified atom stereocenters. The van der Waals surface area contributed by atoms with Gasteiger partial charge >= 0.3 is 0 Å². The number of aryl methyl sites for hydroxylation is 3. The topological polar surface area (TPSA) is 62.5 Å². The first kappa shape index (κ1) is 17.0. The van der Waals surface area contributed by atoms with Gasteiger partial charge in [0.05, 0.1) is 18.8 Å². The van der Waals surface area contributed by atoms with Crippen molar-refractivity contribution in [2.75, 3.05) is 6.54 Å². The van der Waals surface area contributed by atoms with E-state index in [2.05, 4.69) is 20.6 Å². The molecule has 0 atom stereocenters. The highest BCUT2D eigenvalue weighted by molar-refractivity contribution is 5.79. The Morgan fingerprint density at radius 3 is 2.65 bits per heavy atom. The molecular formula is C17H23FN4O. The van der Waals surface area contributed by atoms with Crippen LogP contribution in [0.5, 0.6) is 0 Å². The molecule has 1 aromatic heterocycles. The van der Waals surface area contributed by atoms with Crippen molar-refractivity contribution in [3.8, 4) is 0 Å². The van der Waals surface area contributed by atoms with Gasteiger partial charge in [0.2, 0.25) is 5.89 Å². The van der Waals surface area contributed by atoms with E-state index in [-0.39, 0.29) is 5.82 Å². The molecule has 6 heteroatoms. The van der Waals surface area contributed by atoms with E-state index in [1.165, 1.54) is 6.07 Å². The minimum atomic E-state index is -0.197. The lowest BCUT2D eigenvalue weighted by molar-refractivity contribution is 0.463. The zero-order chi connectivity index (χ0) is 16.8. The number of oxazole rings is 1. The predicted molar refractivity (Wildman–Crippen MR) is 88.8 cm³/mol. The highest BCUT2D eigenvalue weighted by Crippen LogP contribution is 2.10. The average molecular weight is 318 g/mol. The molecule has 1 aromatic carbocycles. The van der Waals surface area contributed by atoms with E-state index in [9.17, 15) is 4.39 Å². The maximum absolute atomic E-state index is 13.3. The summed E-state index contributed by atoms with van der Waals surface area (Å²) in [6.07, 6.45) is 0. The van der Waals surface area contributed by atoms with Gasteiger partial charge in [-0.1, -0.05) is 12.1 Å². The Hall–Kier alpha value is -2.37. The minimum Gasteiger partial charge on any atom is -0.444 e. The van der Waals surface area contributed by atoms with Crippen LogP contribution in [0.15, 0.2) is 27.6 Å². The third-order valence-corrected chi connectivity index (χ3v) is 3.47. The summed E-state index contributed by atoms with van der Waals surface area (Å²) < 4.78 is 18.8. The summed E-state index contributed by atoms with van der Waals surface area (Å²) in [6, 6.07) is 5.03. The minimum absolute atomic E-state index is 0.197. The molecule has 0 aliphatic heterocycles. The standard InChI is InChI=1S/C17H23FN4O/c1-5-19-17(21-10-16-22-12(3)13(4)23-16)20-9-14-6-7-15(18)11(2)8-14/h6-8H,5,9-10H2,1-4H3,(H2,19,20,21). The lowest BCUT2D eigenvalue weighted by atomic mass is 10.1. The van der Waals surface area contributed by atoms with Crippen LogP contribution < -0.4 is 10.6 Å². The molecule has 2 N–H and O–H groups in total. The van der Waals surface area contributed by atoms with Gasteiger partial charge < -0.3 is 15.1 Å². The van der Waals surface area contributed by atoms with Crippen molar-refractivity contribution >= 4 is 5.96 Å². The Balaban J connectivity index is 2.00. The van der Waals surface area contributed by atoms with E-state index in [0.717, 1.165) is 23.6 Å². The molecule has 5 nitrogen and oxygen atoms in total. The lowest BCUT2D eigenvalue weighted by Crippen LogP contribution is -2.36. The fourth-order valence-electron chi connectivity index (χ4n) is 2.09. The summed E-state index contributed by atoms with van der Waals surface area (Å²) in [5.74, 6) is 1.93. The van der Waals surface area contributed by atoms with Crippen LogP contribution in [0, 0.1) is 26.6 Å². The number of nitrogens with zero attached hydrogens (tertiary/aromatic N) is 2. The number of hydrogen-bond donors (Lipinski definition) is 2.